The third kappa shape index (κ3) is 4.80. The first-order valence-corrected chi connectivity index (χ1v) is 9.51. The molecule has 16 heteroatoms. The van der Waals surface area contributed by atoms with Crippen molar-refractivity contribution in [3.8, 4) is 17.1 Å². The molecule has 0 radical (unpaired) electrons. The molecule has 0 fully saturated rings. The zero-order valence-corrected chi connectivity index (χ0v) is 17.5. The lowest BCUT2D eigenvalue weighted by Gasteiger charge is -2.10. The summed E-state index contributed by atoms with van der Waals surface area (Å²) in [6.45, 7) is -1.36. The minimum Gasteiger partial charge on any atom is -0.480 e. The number of nitrogens with zero attached hydrogens (tertiary/aromatic N) is 6. The number of anilines is 2. The zero-order chi connectivity index (χ0) is 25.5. The molecule has 3 N–H and O–H groups in total. The van der Waals surface area contributed by atoms with E-state index >= 15 is 0 Å². The molecular formula is C19H14F6N8O2. The fourth-order valence-electron chi connectivity index (χ4n) is 3.30. The van der Waals surface area contributed by atoms with E-state index in [0.717, 1.165) is 35.5 Å². The molecule has 1 amide bonds. The molecule has 0 aliphatic rings. The lowest BCUT2D eigenvalue weighted by molar-refractivity contribution is -0.142. The first-order valence-electron chi connectivity index (χ1n) is 9.51. The first kappa shape index (κ1) is 23.8. The number of carbonyl (C=O) groups excluding carboxylic acids is 1. The van der Waals surface area contributed by atoms with E-state index in [1.165, 1.54) is 13.2 Å². The molecule has 4 heterocycles. The molecule has 184 valence electrons. The number of amides is 1. The van der Waals surface area contributed by atoms with Crippen LogP contribution in [0, 0.1) is 0 Å². The van der Waals surface area contributed by atoms with Crippen molar-refractivity contribution in [1.29, 1.82) is 0 Å². The van der Waals surface area contributed by atoms with Crippen molar-refractivity contribution in [2.24, 2.45) is 0 Å². The van der Waals surface area contributed by atoms with Crippen LogP contribution in [0.25, 0.3) is 16.8 Å². The van der Waals surface area contributed by atoms with Crippen LogP contribution in [0.15, 0.2) is 37.1 Å². The van der Waals surface area contributed by atoms with Crippen LogP contribution in [0.1, 0.15) is 15.9 Å². The molecule has 35 heavy (non-hydrogen) atoms. The van der Waals surface area contributed by atoms with Gasteiger partial charge >= 0.3 is 12.4 Å². The number of methoxy groups -OCH3 is 1. The zero-order valence-electron chi connectivity index (χ0n) is 17.5. The minimum absolute atomic E-state index is 0.0484. The van der Waals surface area contributed by atoms with E-state index in [4.69, 9.17) is 10.5 Å². The van der Waals surface area contributed by atoms with Gasteiger partial charge in [-0.05, 0) is 12.1 Å². The van der Waals surface area contributed by atoms with E-state index in [9.17, 15) is 31.1 Å². The van der Waals surface area contributed by atoms with E-state index in [-0.39, 0.29) is 28.4 Å². The summed E-state index contributed by atoms with van der Waals surface area (Å²) in [5.41, 5.74) is 3.76. The molecule has 0 aliphatic heterocycles. The average molecular weight is 500 g/mol. The molecular weight excluding hydrogens is 486 g/mol. The summed E-state index contributed by atoms with van der Waals surface area (Å²) in [7, 11) is 1.21. The summed E-state index contributed by atoms with van der Waals surface area (Å²) >= 11 is 0. The largest absolute Gasteiger partial charge is 0.480 e. The van der Waals surface area contributed by atoms with Crippen molar-refractivity contribution in [1.82, 2.24) is 29.4 Å². The van der Waals surface area contributed by atoms with E-state index in [1.54, 1.807) is 0 Å². The van der Waals surface area contributed by atoms with Crippen molar-refractivity contribution < 1.29 is 35.9 Å². The highest BCUT2D eigenvalue weighted by molar-refractivity contribution is 6.06. The maximum Gasteiger partial charge on any atom is 0.418 e. The predicted octanol–water partition coefficient (Wildman–Crippen LogP) is 3.41. The van der Waals surface area contributed by atoms with Gasteiger partial charge in [0.1, 0.15) is 24.0 Å². The van der Waals surface area contributed by atoms with E-state index in [0.29, 0.717) is 4.68 Å². The number of pyridine rings is 1. The highest BCUT2D eigenvalue weighted by Gasteiger charge is 2.36. The van der Waals surface area contributed by atoms with Gasteiger partial charge in [-0.2, -0.15) is 36.5 Å². The lowest BCUT2D eigenvalue weighted by atomic mass is 10.1. The van der Waals surface area contributed by atoms with E-state index in [1.807, 2.05) is 0 Å². The normalized spacial score (nSPS) is 12.2. The number of aromatic nitrogens is 6. The summed E-state index contributed by atoms with van der Waals surface area (Å²) in [5, 5.41) is 9.71. The van der Waals surface area contributed by atoms with Crippen molar-refractivity contribution in [3.05, 3.63) is 48.2 Å². The summed E-state index contributed by atoms with van der Waals surface area (Å²) < 4.78 is 84.9. The Kier molecular flexibility index (Phi) is 5.74. The number of nitrogen functional groups attached to an aromatic ring is 1. The number of hydrogen-bond acceptors (Lipinski definition) is 7. The Morgan fingerprint density at radius 1 is 1.11 bits per heavy atom. The standard InChI is InChI=1S/C19H14F6N8O2/c1-35-17-11(16(34)31-10-5-29-32(6-10)7-18(20,21)22)2-9(4-27-17)13-3-12(19(23,24)25)14-15(26)28-8-30-33(13)14/h2-6,8H,7H2,1H3,(H,31,34)(H2,26,28,30). The van der Waals surface area contributed by atoms with Crippen molar-refractivity contribution >= 4 is 22.9 Å². The first-order chi connectivity index (χ1) is 16.4. The summed E-state index contributed by atoms with van der Waals surface area (Å²) in [6.07, 6.45) is -5.20. The third-order valence-corrected chi connectivity index (χ3v) is 4.71. The fourth-order valence-corrected chi connectivity index (χ4v) is 3.30. The third-order valence-electron chi connectivity index (χ3n) is 4.71. The van der Waals surface area contributed by atoms with Gasteiger partial charge in [-0.15, -0.1) is 0 Å². The topological polar surface area (TPSA) is 125 Å². The van der Waals surface area contributed by atoms with Gasteiger partial charge in [0.15, 0.2) is 5.82 Å². The Morgan fingerprint density at radius 3 is 2.51 bits per heavy atom. The van der Waals surface area contributed by atoms with Gasteiger partial charge in [-0.1, -0.05) is 0 Å². The Labute approximate surface area is 191 Å². The van der Waals surface area contributed by atoms with Crippen LogP contribution in [-0.4, -0.2) is 48.6 Å². The molecule has 4 aromatic heterocycles. The van der Waals surface area contributed by atoms with Crippen molar-refractivity contribution in [2.75, 3.05) is 18.2 Å². The number of ether oxygens (including phenoxy) is 1. The quantitative estimate of drug-likeness (QED) is 0.403. The van der Waals surface area contributed by atoms with Gasteiger partial charge in [-0.3, -0.25) is 9.48 Å². The van der Waals surface area contributed by atoms with Crippen LogP contribution in [0.4, 0.5) is 37.8 Å². The molecule has 0 saturated heterocycles. The fraction of sp³-hybridized carbons (Fsp3) is 0.211. The molecule has 0 bridgehead atoms. The number of nitrogens with two attached hydrogens (primary N) is 1. The van der Waals surface area contributed by atoms with Crippen LogP contribution in [0.2, 0.25) is 0 Å². The molecule has 0 unspecified atom stereocenters. The average Bonchev–Trinajstić information content (AvgIpc) is 3.37. The highest BCUT2D eigenvalue weighted by atomic mass is 19.4. The number of rotatable bonds is 5. The SMILES string of the molecule is COc1ncc(-c2cc(C(F)(F)F)c3c(N)ncnn23)cc1C(=O)Nc1cnn(CC(F)(F)F)c1. The molecule has 0 aliphatic carbocycles. The molecule has 4 aromatic rings. The second kappa shape index (κ2) is 8.44. The highest BCUT2D eigenvalue weighted by Crippen LogP contribution is 2.39. The number of nitrogens with one attached hydrogen (secondary N) is 1. The summed E-state index contributed by atoms with van der Waals surface area (Å²) in [4.78, 5) is 20.4. The van der Waals surface area contributed by atoms with Gasteiger partial charge < -0.3 is 15.8 Å². The predicted molar refractivity (Wildman–Crippen MR) is 108 cm³/mol. The second-order valence-electron chi connectivity index (χ2n) is 7.12. The van der Waals surface area contributed by atoms with Crippen LogP contribution in [0.3, 0.4) is 0 Å². The van der Waals surface area contributed by atoms with Crippen LogP contribution in [0.5, 0.6) is 5.88 Å². The summed E-state index contributed by atoms with van der Waals surface area (Å²) in [5.74, 6) is -1.44. The van der Waals surface area contributed by atoms with E-state index in [2.05, 4.69) is 25.5 Å². The number of halogens is 6. The van der Waals surface area contributed by atoms with Gasteiger partial charge in [0.05, 0.1) is 30.3 Å². The molecule has 0 saturated carbocycles. The van der Waals surface area contributed by atoms with Gasteiger partial charge in [0.25, 0.3) is 5.91 Å². The van der Waals surface area contributed by atoms with Gasteiger partial charge in [-0.25, -0.2) is 14.5 Å². The number of alkyl halides is 6. The van der Waals surface area contributed by atoms with Crippen LogP contribution in [-0.2, 0) is 12.7 Å². The molecule has 0 atom stereocenters. The molecule has 4 rings (SSSR count). The lowest BCUT2D eigenvalue weighted by Crippen LogP contribution is -2.18. The smallest absolute Gasteiger partial charge is 0.418 e. The maximum atomic E-state index is 13.6. The number of hydrogen-bond donors (Lipinski definition) is 2. The maximum absolute atomic E-state index is 13.6. The van der Waals surface area contributed by atoms with Gasteiger partial charge in [0, 0.05) is 18.0 Å². The monoisotopic (exact) mass is 500 g/mol. The number of carbonyl (C=O) groups is 1. The Balaban J connectivity index is 1.73. The van der Waals surface area contributed by atoms with Crippen molar-refractivity contribution in [2.45, 2.75) is 18.9 Å². The van der Waals surface area contributed by atoms with Crippen LogP contribution >= 0.6 is 0 Å². The summed E-state index contributed by atoms with van der Waals surface area (Å²) in [6, 6.07) is 1.98. The molecule has 0 aromatic carbocycles. The number of fused-ring (bicyclic) bond motifs is 1. The second-order valence-corrected chi connectivity index (χ2v) is 7.12. The van der Waals surface area contributed by atoms with Gasteiger partial charge in [0.2, 0.25) is 5.88 Å². The molecule has 0 spiro atoms. The van der Waals surface area contributed by atoms with Crippen molar-refractivity contribution in [3.63, 3.8) is 0 Å². The minimum atomic E-state index is -4.78. The van der Waals surface area contributed by atoms with E-state index < -0.39 is 41.7 Å². The Morgan fingerprint density at radius 2 is 1.86 bits per heavy atom. The van der Waals surface area contributed by atoms with Crippen LogP contribution < -0.4 is 15.8 Å². The Hall–Kier alpha value is -4.37. The Bertz CT molecular complexity index is 1410. The molecule has 10 nitrogen and oxygen atoms in total.